The van der Waals surface area contributed by atoms with E-state index < -0.39 is 12.1 Å². The average molecular weight is 411 g/mol. The summed E-state index contributed by atoms with van der Waals surface area (Å²) in [6.45, 7) is 0.295. The highest BCUT2D eigenvalue weighted by molar-refractivity contribution is 6.00. The Morgan fingerprint density at radius 1 is 1.13 bits per heavy atom. The molecule has 0 aliphatic heterocycles. The van der Waals surface area contributed by atoms with Crippen molar-refractivity contribution in [3.8, 4) is 0 Å². The van der Waals surface area contributed by atoms with Gasteiger partial charge in [-0.2, -0.15) is 13.2 Å². The number of amides is 1. The number of nitrogens with zero attached hydrogens (tertiary/aromatic N) is 2. The Morgan fingerprint density at radius 2 is 2.00 bits per heavy atom. The summed E-state index contributed by atoms with van der Waals surface area (Å²) in [5, 5.41) is 3.58. The van der Waals surface area contributed by atoms with Gasteiger partial charge in [-0.1, -0.05) is 24.3 Å². The summed E-state index contributed by atoms with van der Waals surface area (Å²) >= 11 is 0. The quantitative estimate of drug-likeness (QED) is 0.633. The van der Waals surface area contributed by atoms with Gasteiger partial charge >= 0.3 is 6.18 Å². The number of pyridine rings is 2. The highest BCUT2D eigenvalue weighted by Gasteiger charge is 2.39. The van der Waals surface area contributed by atoms with Gasteiger partial charge in [0.2, 0.25) is 0 Å². The van der Waals surface area contributed by atoms with Crippen molar-refractivity contribution in [1.82, 2.24) is 15.3 Å². The van der Waals surface area contributed by atoms with E-state index in [1.165, 1.54) is 6.20 Å². The molecule has 30 heavy (non-hydrogen) atoms. The summed E-state index contributed by atoms with van der Waals surface area (Å²) in [7, 11) is 0. The molecular weight excluding hydrogens is 391 g/mol. The Kier molecular flexibility index (Phi) is 5.53. The van der Waals surface area contributed by atoms with Crippen LogP contribution in [0.3, 0.4) is 0 Å². The summed E-state index contributed by atoms with van der Waals surface area (Å²) in [6.07, 6.45) is 1.07. The maximum atomic E-state index is 13.0. The van der Waals surface area contributed by atoms with E-state index in [2.05, 4.69) is 15.3 Å². The largest absolute Gasteiger partial charge is 0.392 e. The molecule has 0 fully saturated rings. The molecule has 154 valence electrons. The molecule has 1 atom stereocenters. The van der Waals surface area contributed by atoms with E-state index in [-0.39, 0.29) is 18.7 Å². The second-order valence-corrected chi connectivity index (χ2v) is 7.34. The number of hydrogen-bond donors (Lipinski definition) is 1. The fourth-order valence-electron chi connectivity index (χ4n) is 3.71. The molecule has 0 spiro atoms. The zero-order chi connectivity index (χ0) is 21.1. The van der Waals surface area contributed by atoms with E-state index >= 15 is 0 Å². The van der Waals surface area contributed by atoms with Crippen molar-refractivity contribution < 1.29 is 18.0 Å². The summed E-state index contributed by atoms with van der Waals surface area (Å²) < 4.78 is 38.9. The number of carbonyl (C=O) groups excluding carboxylic acids is 1. The molecule has 3 aromatic rings. The number of alkyl halides is 3. The second-order valence-electron chi connectivity index (χ2n) is 7.34. The van der Waals surface area contributed by atoms with Crippen molar-refractivity contribution in [3.05, 3.63) is 77.8 Å². The third-order valence-corrected chi connectivity index (χ3v) is 5.36. The fourth-order valence-corrected chi connectivity index (χ4v) is 3.71. The molecule has 1 aromatic carbocycles. The fraction of sp³-hybridized carbons (Fsp3) is 0.261. The predicted molar refractivity (Wildman–Crippen MR) is 109 cm³/mol. The maximum Gasteiger partial charge on any atom is 0.392 e. The number of nitrogens with one attached hydrogen (secondary N) is 1. The molecule has 2 aromatic heterocycles. The summed E-state index contributed by atoms with van der Waals surface area (Å²) in [6, 6.07) is 12.8. The molecule has 4 nitrogen and oxygen atoms in total. The van der Waals surface area contributed by atoms with E-state index in [0.717, 1.165) is 22.2 Å². The van der Waals surface area contributed by atoms with E-state index in [1.54, 1.807) is 24.4 Å². The molecule has 0 bridgehead atoms. The number of benzene rings is 1. The van der Waals surface area contributed by atoms with Gasteiger partial charge in [-0.3, -0.25) is 14.8 Å². The Balaban J connectivity index is 1.58. The normalized spacial score (nSPS) is 16.9. The van der Waals surface area contributed by atoms with Crippen LogP contribution in [-0.2, 0) is 6.54 Å². The van der Waals surface area contributed by atoms with Crippen molar-refractivity contribution in [2.24, 2.45) is 5.92 Å². The van der Waals surface area contributed by atoms with Gasteiger partial charge in [0.05, 0.1) is 29.2 Å². The molecule has 0 saturated carbocycles. The second kappa shape index (κ2) is 8.26. The molecule has 1 aliphatic carbocycles. The highest BCUT2D eigenvalue weighted by Crippen LogP contribution is 2.40. The van der Waals surface area contributed by atoms with E-state index in [0.29, 0.717) is 24.0 Å². The van der Waals surface area contributed by atoms with E-state index in [1.807, 2.05) is 30.3 Å². The van der Waals surface area contributed by atoms with Gasteiger partial charge in [-0.05, 0) is 54.7 Å². The number of halogens is 3. The molecule has 2 heterocycles. The molecular formula is C23H20F3N3O. The summed E-state index contributed by atoms with van der Waals surface area (Å²) in [4.78, 5) is 21.1. The first kappa shape index (κ1) is 20.1. The summed E-state index contributed by atoms with van der Waals surface area (Å²) in [5.74, 6) is -1.57. The third kappa shape index (κ3) is 4.35. The molecule has 1 N–H and O–H groups in total. The van der Waals surface area contributed by atoms with Crippen LogP contribution in [0.4, 0.5) is 13.2 Å². The van der Waals surface area contributed by atoms with Gasteiger partial charge in [0.25, 0.3) is 5.91 Å². The number of allylic oxidation sites excluding steroid dienone is 2. The monoisotopic (exact) mass is 411 g/mol. The van der Waals surface area contributed by atoms with Crippen LogP contribution >= 0.6 is 0 Å². The third-order valence-electron chi connectivity index (χ3n) is 5.36. The van der Waals surface area contributed by atoms with E-state index in [9.17, 15) is 18.0 Å². The lowest BCUT2D eigenvalue weighted by atomic mass is 9.85. The Bertz CT molecular complexity index is 1090. The Hall–Kier alpha value is -3.22. The lowest BCUT2D eigenvalue weighted by Gasteiger charge is -2.24. The maximum absolute atomic E-state index is 13.0. The van der Waals surface area contributed by atoms with Crippen molar-refractivity contribution in [2.45, 2.75) is 32.0 Å². The molecule has 1 unspecified atom stereocenters. The average Bonchev–Trinajstić information content (AvgIpc) is 2.77. The number of fused-ring (bicyclic) bond motifs is 1. The molecule has 7 heteroatoms. The topological polar surface area (TPSA) is 54.9 Å². The summed E-state index contributed by atoms with van der Waals surface area (Å²) in [5.41, 5.74) is 3.55. The molecule has 4 rings (SSSR count). The smallest absolute Gasteiger partial charge is 0.346 e. The van der Waals surface area contributed by atoms with Crippen LogP contribution in [0.1, 0.15) is 40.9 Å². The van der Waals surface area contributed by atoms with Gasteiger partial charge in [-0.25, -0.2) is 0 Å². The van der Waals surface area contributed by atoms with Crippen LogP contribution in [0.25, 0.3) is 16.5 Å². The molecule has 1 amide bonds. The van der Waals surface area contributed by atoms with Crippen molar-refractivity contribution in [2.75, 3.05) is 0 Å². The number of hydrogen-bond acceptors (Lipinski definition) is 3. The zero-order valence-corrected chi connectivity index (χ0v) is 16.1. The zero-order valence-electron chi connectivity index (χ0n) is 16.1. The highest BCUT2D eigenvalue weighted by atomic mass is 19.4. The van der Waals surface area contributed by atoms with Crippen LogP contribution in [0.2, 0.25) is 0 Å². The van der Waals surface area contributed by atoms with Gasteiger partial charge in [0.15, 0.2) is 0 Å². The van der Waals surface area contributed by atoms with Gasteiger partial charge in [-0.15, -0.1) is 0 Å². The van der Waals surface area contributed by atoms with Crippen LogP contribution < -0.4 is 5.32 Å². The van der Waals surface area contributed by atoms with E-state index in [4.69, 9.17) is 0 Å². The minimum Gasteiger partial charge on any atom is -0.346 e. The Morgan fingerprint density at radius 3 is 2.70 bits per heavy atom. The van der Waals surface area contributed by atoms with Crippen LogP contribution in [-0.4, -0.2) is 22.1 Å². The number of rotatable bonds is 4. The lowest BCUT2D eigenvalue weighted by Crippen LogP contribution is -2.24. The number of carbonyl (C=O) groups is 1. The minimum atomic E-state index is -4.17. The van der Waals surface area contributed by atoms with Crippen LogP contribution in [0, 0.1) is 5.92 Å². The standard InChI is InChI=1S/C23H20F3N3O/c24-23(25,26)17-9-7-15(8-10-17)19-5-3-6-21-20(19)12-16(13-28-21)22(30)29-14-18-4-1-2-11-27-18/h1-7,11-13,17H,8-10,14H2,(H,29,30). The number of aromatic nitrogens is 2. The van der Waals surface area contributed by atoms with Crippen molar-refractivity contribution in [3.63, 3.8) is 0 Å². The van der Waals surface area contributed by atoms with Crippen LogP contribution in [0.5, 0.6) is 0 Å². The SMILES string of the molecule is O=C(NCc1ccccn1)c1cnc2cccc(C3=CCC(C(F)(F)F)CC3)c2c1. The first-order valence-electron chi connectivity index (χ1n) is 9.75. The van der Waals surface area contributed by atoms with Crippen LogP contribution in [0.15, 0.2) is 60.9 Å². The van der Waals surface area contributed by atoms with Crippen molar-refractivity contribution >= 4 is 22.4 Å². The van der Waals surface area contributed by atoms with Gasteiger partial charge in [0, 0.05) is 17.8 Å². The van der Waals surface area contributed by atoms with Gasteiger partial charge in [0.1, 0.15) is 0 Å². The molecule has 0 radical (unpaired) electrons. The Labute approximate surface area is 171 Å². The minimum absolute atomic E-state index is 0.0209. The molecule has 1 aliphatic rings. The molecule has 0 saturated heterocycles. The predicted octanol–water partition coefficient (Wildman–Crippen LogP) is 5.31. The lowest BCUT2D eigenvalue weighted by molar-refractivity contribution is -0.175. The first-order valence-corrected chi connectivity index (χ1v) is 9.75. The van der Waals surface area contributed by atoms with Crippen molar-refractivity contribution in [1.29, 1.82) is 0 Å². The first-order chi connectivity index (χ1) is 14.4. The van der Waals surface area contributed by atoms with Gasteiger partial charge < -0.3 is 5.32 Å².